The highest BCUT2D eigenvalue weighted by Gasteiger charge is 2.13. The number of hydrogen-bond donors (Lipinski definition) is 2. The maximum absolute atomic E-state index is 12.5. The number of hydrogen-bond acceptors (Lipinski definition) is 7. The highest BCUT2D eigenvalue weighted by Crippen LogP contribution is 2.21. The fraction of sp³-hybridized carbons (Fsp3) is 0.308. The molecule has 0 bridgehead atoms. The van der Waals surface area contributed by atoms with Crippen LogP contribution in [0.2, 0.25) is 0 Å². The van der Waals surface area contributed by atoms with Crippen LogP contribution in [0.5, 0.6) is 0 Å². The van der Waals surface area contributed by atoms with E-state index in [0.717, 1.165) is 36.3 Å². The van der Waals surface area contributed by atoms with Crippen LogP contribution < -0.4 is 10.0 Å². The Hall–Kier alpha value is -3.11. The normalized spacial score (nSPS) is 12.1. The summed E-state index contributed by atoms with van der Waals surface area (Å²) in [7, 11) is 4.46. The first kappa shape index (κ1) is 26.5. The molecule has 0 saturated heterocycles. The molecule has 8 nitrogen and oxygen atoms in total. The van der Waals surface area contributed by atoms with Crippen molar-refractivity contribution in [3.63, 3.8) is 0 Å². The SMILES string of the molecule is CN(C)C/C=C/c1ccc(-c2ccnc(Nc3ccc(S(=O)(=O)NCCCN(C)C)cc3)n2)cc1. The van der Waals surface area contributed by atoms with E-state index in [1.54, 1.807) is 30.5 Å². The summed E-state index contributed by atoms with van der Waals surface area (Å²) in [4.78, 5) is 13.3. The third-order valence-electron chi connectivity index (χ3n) is 5.14. The summed E-state index contributed by atoms with van der Waals surface area (Å²) in [5.74, 6) is 0.440. The second-order valence-corrected chi connectivity index (χ2v) is 10.5. The van der Waals surface area contributed by atoms with Crippen LogP contribution in [-0.4, -0.2) is 76.0 Å². The van der Waals surface area contributed by atoms with Crippen molar-refractivity contribution < 1.29 is 8.42 Å². The molecule has 3 rings (SSSR count). The van der Waals surface area contributed by atoms with E-state index in [4.69, 9.17) is 0 Å². The molecule has 0 amide bonds. The molecule has 9 heteroatoms. The fourth-order valence-electron chi connectivity index (χ4n) is 3.28. The molecule has 0 saturated carbocycles. The van der Waals surface area contributed by atoms with Gasteiger partial charge in [-0.25, -0.2) is 23.1 Å². The van der Waals surface area contributed by atoms with Crippen LogP contribution in [0.15, 0.2) is 71.8 Å². The van der Waals surface area contributed by atoms with Crippen molar-refractivity contribution in [2.75, 3.05) is 53.1 Å². The number of sulfonamides is 1. The summed E-state index contributed by atoms with van der Waals surface area (Å²) in [6, 6.07) is 16.6. The van der Waals surface area contributed by atoms with Crippen molar-refractivity contribution in [1.82, 2.24) is 24.5 Å². The number of nitrogens with zero attached hydrogens (tertiary/aromatic N) is 4. The van der Waals surface area contributed by atoms with Gasteiger partial charge in [0, 0.05) is 30.5 Å². The lowest BCUT2D eigenvalue weighted by molar-refractivity contribution is 0.400. The van der Waals surface area contributed by atoms with Gasteiger partial charge in [-0.3, -0.25) is 0 Å². The summed E-state index contributed by atoms with van der Waals surface area (Å²) in [6.45, 7) is 2.11. The van der Waals surface area contributed by atoms with Crippen molar-refractivity contribution in [2.24, 2.45) is 0 Å². The monoisotopic (exact) mass is 494 g/mol. The Morgan fingerprint density at radius 3 is 2.29 bits per heavy atom. The summed E-state index contributed by atoms with van der Waals surface area (Å²) in [6.07, 6.45) is 6.67. The Morgan fingerprint density at radius 2 is 1.63 bits per heavy atom. The van der Waals surface area contributed by atoms with Gasteiger partial charge < -0.3 is 15.1 Å². The molecule has 0 fully saturated rings. The van der Waals surface area contributed by atoms with E-state index in [0.29, 0.717) is 18.2 Å². The van der Waals surface area contributed by atoms with Gasteiger partial charge in [-0.05, 0) is 77.1 Å². The number of aromatic nitrogens is 2. The van der Waals surface area contributed by atoms with Gasteiger partial charge in [-0.15, -0.1) is 0 Å². The lowest BCUT2D eigenvalue weighted by Crippen LogP contribution is -2.27. The molecular formula is C26H34N6O2S. The lowest BCUT2D eigenvalue weighted by atomic mass is 10.1. The maximum atomic E-state index is 12.5. The topological polar surface area (TPSA) is 90.5 Å². The number of likely N-dealkylation sites (N-methyl/N-ethyl adjacent to an activating group) is 1. The van der Waals surface area contributed by atoms with Crippen LogP contribution in [0, 0.1) is 0 Å². The van der Waals surface area contributed by atoms with E-state index in [9.17, 15) is 8.42 Å². The molecule has 0 unspecified atom stereocenters. The Bertz CT molecular complexity index is 1210. The van der Waals surface area contributed by atoms with E-state index in [2.05, 4.69) is 49.2 Å². The molecule has 0 aliphatic carbocycles. The summed E-state index contributed by atoms with van der Waals surface area (Å²) in [5.41, 5.74) is 3.62. The molecule has 0 spiro atoms. The van der Waals surface area contributed by atoms with Crippen LogP contribution >= 0.6 is 0 Å². The van der Waals surface area contributed by atoms with Gasteiger partial charge in [0.15, 0.2) is 0 Å². The van der Waals surface area contributed by atoms with E-state index >= 15 is 0 Å². The minimum atomic E-state index is -3.54. The van der Waals surface area contributed by atoms with Gasteiger partial charge in [0.1, 0.15) is 0 Å². The molecule has 3 aromatic rings. The lowest BCUT2D eigenvalue weighted by Gasteiger charge is -2.11. The number of anilines is 2. The van der Waals surface area contributed by atoms with Crippen molar-refractivity contribution in [3.05, 3.63) is 72.4 Å². The fourth-order valence-corrected chi connectivity index (χ4v) is 4.35. The Balaban J connectivity index is 1.63. The van der Waals surface area contributed by atoms with Crippen LogP contribution in [0.3, 0.4) is 0 Å². The third kappa shape index (κ3) is 8.56. The van der Waals surface area contributed by atoms with Crippen molar-refractivity contribution >= 4 is 27.7 Å². The van der Waals surface area contributed by atoms with Crippen molar-refractivity contribution in [3.8, 4) is 11.3 Å². The van der Waals surface area contributed by atoms with E-state index in [1.807, 2.05) is 51.3 Å². The molecule has 0 aliphatic rings. The first-order valence-electron chi connectivity index (χ1n) is 11.5. The molecule has 186 valence electrons. The second kappa shape index (κ2) is 12.6. The van der Waals surface area contributed by atoms with Gasteiger partial charge in [0.05, 0.1) is 10.6 Å². The average Bonchev–Trinajstić information content (AvgIpc) is 2.82. The first-order valence-corrected chi connectivity index (χ1v) is 13.0. The highest BCUT2D eigenvalue weighted by atomic mass is 32.2. The molecule has 0 atom stereocenters. The third-order valence-corrected chi connectivity index (χ3v) is 6.61. The molecule has 2 aromatic carbocycles. The highest BCUT2D eigenvalue weighted by molar-refractivity contribution is 7.89. The Kier molecular flexibility index (Phi) is 9.50. The molecule has 0 radical (unpaired) electrons. The van der Waals surface area contributed by atoms with E-state index < -0.39 is 10.0 Å². The van der Waals surface area contributed by atoms with E-state index in [1.165, 1.54) is 0 Å². The van der Waals surface area contributed by atoms with Gasteiger partial charge in [0.25, 0.3) is 0 Å². The van der Waals surface area contributed by atoms with Crippen LogP contribution in [0.4, 0.5) is 11.6 Å². The molecule has 1 aromatic heterocycles. The van der Waals surface area contributed by atoms with Gasteiger partial charge in [0.2, 0.25) is 16.0 Å². The predicted molar refractivity (Wildman–Crippen MR) is 143 cm³/mol. The molecular weight excluding hydrogens is 460 g/mol. The van der Waals surface area contributed by atoms with E-state index in [-0.39, 0.29) is 4.90 Å². The Morgan fingerprint density at radius 1 is 0.914 bits per heavy atom. The number of nitrogens with one attached hydrogen (secondary N) is 2. The molecule has 35 heavy (non-hydrogen) atoms. The minimum absolute atomic E-state index is 0.224. The van der Waals surface area contributed by atoms with Crippen molar-refractivity contribution in [1.29, 1.82) is 0 Å². The molecule has 2 N–H and O–H groups in total. The standard InChI is InChI=1S/C26H34N6O2S/c1-31(2)19-5-7-21-8-10-22(11-9-21)25-16-18-27-26(30-25)29-23-12-14-24(15-13-23)35(33,34)28-17-6-20-32(3)4/h5,7-16,18,28H,6,17,19-20H2,1-4H3,(H,27,29,30)/b7-5+. The smallest absolute Gasteiger partial charge is 0.240 e. The number of rotatable bonds is 12. The maximum Gasteiger partial charge on any atom is 0.240 e. The quantitative estimate of drug-likeness (QED) is 0.371. The van der Waals surface area contributed by atoms with Crippen LogP contribution in [0.25, 0.3) is 17.3 Å². The first-order chi connectivity index (χ1) is 16.7. The zero-order chi connectivity index (χ0) is 25.3. The summed E-state index contributed by atoms with van der Waals surface area (Å²) >= 11 is 0. The number of benzene rings is 2. The summed E-state index contributed by atoms with van der Waals surface area (Å²) < 4.78 is 27.6. The van der Waals surface area contributed by atoms with Gasteiger partial charge >= 0.3 is 0 Å². The van der Waals surface area contributed by atoms with Crippen molar-refractivity contribution in [2.45, 2.75) is 11.3 Å². The second-order valence-electron chi connectivity index (χ2n) is 8.76. The minimum Gasteiger partial charge on any atom is -0.324 e. The molecule has 0 aliphatic heterocycles. The zero-order valence-corrected chi connectivity index (χ0v) is 21.6. The van der Waals surface area contributed by atoms with Gasteiger partial charge in [-0.1, -0.05) is 36.4 Å². The summed E-state index contributed by atoms with van der Waals surface area (Å²) in [5, 5.41) is 3.15. The van der Waals surface area contributed by atoms with Crippen LogP contribution in [0.1, 0.15) is 12.0 Å². The Labute approximate surface area is 208 Å². The van der Waals surface area contributed by atoms with Gasteiger partial charge in [-0.2, -0.15) is 0 Å². The predicted octanol–water partition coefficient (Wildman–Crippen LogP) is 3.69. The molecule has 1 heterocycles. The van der Waals surface area contributed by atoms with Crippen LogP contribution in [-0.2, 0) is 10.0 Å². The largest absolute Gasteiger partial charge is 0.324 e. The zero-order valence-electron chi connectivity index (χ0n) is 20.8. The average molecular weight is 495 g/mol.